The second kappa shape index (κ2) is 6.51. The zero-order chi connectivity index (χ0) is 4.99. The molecule has 0 saturated carbocycles. The molecule has 0 unspecified atom stereocenters. The van der Waals surface area contributed by atoms with Gasteiger partial charge in [0.15, 0.2) is 0 Å². The van der Waals surface area contributed by atoms with Gasteiger partial charge >= 0.3 is 23.1 Å². The van der Waals surface area contributed by atoms with Crippen molar-refractivity contribution >= 4 is 23.1 Å². The molecule has 0 saturated heterocycles. The standard InChI is InChI=1S/C6H12.Mg.2H/c1-4-5-6(2)3;;;/h5H,4H2,1-3H3;;;/q;+2;2*-1. The molecule has 0 aliphatic heterocycles. The molecule has 0 aliphatic rings. The largest absolute Gasteiger partial charge is 2.00 e. The molecular formula is C6H14Mg. The van der Waals surface area contributed by atoms with Crippen molar-refractivity contribution in [3.63, 3.8) is 0 Å². The van der Waals surface area contributed by atoms with Crippen molar-refractivity contribution < 1.29 is 2.85 Å². The van der Waals surface area contributed by atoms with E-state index in [1.807, 2.05) is 0 Å². The van der Waals surface area contributed by atoms with Gasteiger partial charge in [-0.25, -0.2) is 0 Å². The summed E-state index contributed by atoms with van der Waals surface area (Å²) in [4.78, 5) is 0. The quantitative estimate of drug-likeness (QED) is 0.359. The summed E-state index contributed by atoms with van der Waals surface area (Å²) in [6.45, 7) is 6.38. The van der Waals surface area contributed by atoms with Crippen LogP contribution in [0.1, 0.15) is 30.0 Å². The van der Waals surface area contributed by atoms with Crippen LogP contribution < -0.4 is 0 Å². The van der Waals surface area contributed by atoms with Gasteiger partial charge in [0.2, 0.25) is 0 Å². The van der Waals surface area contributed by atoms with Gasteiger partial charge in [-0.15, -0.1) is 0 Å². The van der Waals surface area contributed by atoms with E-state index < -0.39 is 0 Å². The zero-order valence-electron chi connectivity index (χ0n) is 7.49. The van der Waals surface area contributed by atoms with E-state index in [1.165, 1.54) is 12.0 Å². The first-order valence-corrected chi connectivity index (χ1v) is 2.40. The van der Waals surface area contributed by atoms with Crippen molar-refractivity contribution in [1.82, 2.24) is 0 Å². The Balaban J connectivity index is -0.0000000417. The maximum absolute atomic E-state index is 2.21. The molecule has 0 bridgehead atoms. The van der Waals surface area contributed by atoms with Crippen molar-refractivity contribution in [1.29, 1.82) is 0 Å². The van der Waals surface area contributed by atoms with Gasteiger partial charge in [0.1, 0.15) is 0 Å². The summed E-state index contributed by atoms with van der Waals surface area (Å²) in [5.41, 5.74) is 1.41. The van der Waals surface area contributed by atoms with Crippen LogP contribution in [0.4, 0.5) is 0 Å². The number of hydrogen-bond donors (Lipinski definition) is 0. The third kappa shape index (κ3) is 10.7. The molecule has 0 aromatic carbocycles. The van der Waals surface area contributed by atoms with E-state index in [1.54, 1.807) is 0 Å². The van der Waals surface area contributed by atoms with E-state index >= 15 is 0 Å². The molecule has 1 heteroatoms. The van der Waals surface area contributed by atoms with Crippen LogP contribution in [0.5, 0.6) is 0 Å². The minimum atomic E-state index is 0. The molecule has 0 fully saturated rings. The van der Waals surface area contributed by atoms with Crippen molar-refractivity contribution in [3.05, 3.63) is 11.6 Å². The van der Waals surface area contributed by atoms with Crippen LogP contribution in [0.3, 0.4) is 0 Å². The molecule has 0 rings (SSSR count). The third-order valence-corrected chi connectivity index (χ3v) is 0.612. The van der Waals surface area contributed by atoms with Crippen molar-refractivity contribution in [3.8, 4) is 0 Å². The van der Waals surface area contributed by atoms with Gasteiger partial charge in [-0.3, -0.25) is 0 Å². The van der Waals surface area contributed by atoms with Gasteiger partial charge in [-0.1, -0.05) is 18.6 Å². The first-order valence-electron chi connectivity index (χ1n) is 2.40. The smallest absolute Gasteiger partial charge is 1.00 e. The summed E-state index contributed by atoms with van der Waals surface area (Å²) in [5.74, 6) is 0. The fourth-order valence-electron chi connectivity index (χ4n) is 0.408. The average molecular weight is 110 g/mol. The molecule has 0 aromatic rings. The minimum Gasteiger partial charge on any atom is -1.00 e. The average Bonchev–Trinajstić information content (AvgIpc) is 1.35. The molecule has 0 heterocycles. The van der Waals surface area contributed by atoms with E-state index in [4.69, 9.17) is 0 Å². The third-order valence-electron chi connectivity index (χ3n) is 0.612. The Labute approximate surface area is 65.1 Å². The molecule has 0 aromatic heterocycles. The zero-order valence-corrected chi connectivity index (χ0v) is 6.91. The summed E-state index contributed by atoms with van der Waals surface area (Å²) >= 11 is 0. The molecule has 40 valence electrons. The van der Waals surface area contributed by atoms with Gasteiger partial charge in [0.25, 0.3) is 0 Å². The molecule has 0 N–H and O–H groups in total. The summed E-state index contributed by atoms with van der Waals surface area (Å²) in [6, 6.07) is 0. The fourth-order valence-corrected chi connectivity index (χ4v) is 0.408. The second-order valence-electron chi connectivity index (χ2n) is 1.69. The molecule has 0 atom stereocenters. The Hall–Kier alpha value is 0.506. The van der Waals surface area contributed by atoms with Gasteiger partial charge in [0, 0.05) is 0 Å². The van der Waals surface area contributed by atoms with Crippen LogP contribution in [0, 0.1) is 0 Å². The SMILES string of the molecule is CCC=C(C)C.[H-].[H-].[Mg+2]. The van der Waals surface area contributed by atoms with Crippen LogP contribution in [-0.2, 0) is 0 Å². The summed E-state index contributed by atoms with van der Waals surface area (Å²) in [7, 11) is 0. The normalized spacial score (nSPS) is 6.71. The van der Waals surface area contributed by atoms with E-state index in [2.05, 4.69) is 26.8 Å². The Morgan fingerprint density at radius 1 is 1.57 bits per heavy atom. The molecule has 0 amide bonds. The Kier molecular flexibility index (Phi) is 9.74. The van der Waals surface area contributed by atoms with Crippen LogP contribution in [0.25, 0.3) is 0 Å². The van der Waals surface area contributed by atoms with Crippen molar-refractivity contribution in [2.75, 3.05) is 0 Å². The second-order valence-corrected chi connectivity index (χ2v) is 1.69. The maximum atomic E-state index is 2.21. The number of rotatable bonds is 1. The van der Waals surface area contributed by atoms with Crippen molar-refractivity contribution in [2.45, 2.75) is 27.2 Å². The Bertz CT molecular complexity index is 58.1. The van der Waals surface area contributed by atoms with Crippen LogP contribution in [0.2, 0.25) is 0 Å². The predicted octanol–water partition coefficient (Wildman–Crippen LogP) is 2.21. The molecule has 7 heavy (non-hydrogen) atoms. The van der Waals surface area contributed by atoms with Gasteiger partial charge < -0.3 is 2.85 Å². The number of hydrogen-bond acceptors (Lipinski definition) is 0. The molecule has 0 nitrogen and oxygen atoms in total. The fraction of sp³-hybridized carbons (Fsp3) is 0.667. The maximum Gasteiger partial charge on any atom is 2.00 e. The molecular weight excluding hydrogens is 96.4 g/mol. The summed E-state index contributed by atoms with van der Waals surface area (Å²) in [6.07, 6.45) is 3.38. The first kappa shape index (κ1) is 10.5. The summed E-state index contributed by atoms with van der Waals surface area (Å²) < 4.78 is 0. The van der Waals surface area contributed by atoms with E-state index in [0.717, 1.165) is 0 Å². The Morgan fingerprint density at radius 2 is 2.00 bits per heavy atom. The van der Waals surface area contributed by atoms with Crippen molar-refractivity contribution in [2.24, 2.45) is 0 Å². The van der Waals surface area contributed by atoms with Gasteiger partial charge in [-0.2, -0.15) is 0 Å². The van der Waals surface area contributed by atoms with Crippen LogP contribution in [-0.4, -0.2) is 23.1 Å². The summed E-state index contributed by atoms with van der Waals surface area (Å²) in [5, 5.41) is 0. The van der Waals surface area contributed by atoms with Gasteiger partial charge in [0.05, 0.1) is 0 Å². The van der Waals surface area contributed by atoms with E-state index in [0.29, 0.717) is 0 Å². The van der Waals surface area contributed by atoms with E-state index in [-0.39, 0.29) is 25.9 Å². The minimum absolute atomic E-state index is 0. The van der Waals surface area contributed by atoms with Gasteiger partial charge in [-0.05, 0) is 20.3 Å². The molecule has 0 spiro atoms. The van der Waals surface area contributed by atoms with Crippen LogP contribution in [0.15, 0.2) is 11.6 Å². The monoisotopic (exact) mass is 110 g/mol. The molecule has 0 aliphatic carbocycles. The first-order chi connectivity index (χ1) is 2.77. The van der Waals surface area contributed by atoms with E-state index in [9.17, 15) is 0 Å². The molecule has 0 radical (unpaired) electrons. The van der Waals surface area contributed by atoms with Crippen LogP contribution >= 0.6 is 0 Å². The topological polar surface area (TPSA) is 0 Å². The Morgan fingerprint density at radius 3 is 2.00 bits per heavy atom. The predicted molar refractivity (Wildman–Crippen MR) is 37.7 cm³/mol. The number of allylic oxidation sites excluding steroid dienone is 2.